The molecule has 4 rings (SSSR count). The second-order valence-electron chi connectivity index (χ2n) is 6.27. The van der Waals surface area contributed by atoms with E-state index in [0.717, 1.165) is 38.6 Å². The van der Waals surface area contributed by atoms with Crippen LogP contribution in [0.15, 0.2) is 65.7 Å². The molecule has 0 aliphatic heterocycles. The SMILES string of the molecule is Cc1c(C=Nc2cccc3ccccc23)c2cc([N+](=O)[O-])ccc2n1C. The summed E-state index contributed by atoms with van der Waals surface area (Å²) in [5.41, 5.74) is 3.84. The lowest BCUT2D eigenvalue weighted by molar-refractivity contribution is -0.384. The molecular weight excluding hydrogens is 326 g/mol. The summed E-state index contributed by atoms with van der Waals surface area (Å²) in [7, 11) is 1.96. The first-order chi connectivity index (χ1) is 12.6. The Balaban J connectivity index is 1.88. The molecule has 0 amide bonds. The number of benzene rings is 3. The molecule has 5 heteroatoms. The predicted octanol–water partition coefficient (Wildman–Crippen LogP) is 5.30. The molecule has 0 aliphatic rings. The highest BCUT2D eigenvalue weighted by Crippen LogP contribution is 2.29. The lowest BCUT2D eigenvalue weighted by Gasteiger charge is -2.01. The third-order valence-corrected chi connectivity index (χ3v) is 4.83. The Labute approximate surface area is 150 Å². The van der Waals surface area contributed by atoms with Crippen molar-refractivity contribution in [2.24, 2.45) is 12.0 Å². The predicted molar refractivity (Wildman–Crippen MR) is 106 cm³/mol. The molecule has 1 heterocycles. The van der Waals surface area contributed by atoms with Crippen molar-refractivity contribution >= 4 is 39.3 Å². The van der Waals surface area contributed by atoms with Crippen LogP contribution in [0.5, 0.6) is 0 Å². The van der Waals surface area contributed by atoms with Crippen LogP contribution in [-0.4, -0.2) is 15.7 Å². The molecule has 0 bridgehead atoms. The van der Waals surface area contributed by atoms with Gasteiger partial charge in [0, 0.05) is 52.9 Å². The van der Waals surface area contributed by atoms with E-state index in [1.165, 1.54) is 6.07 Å². The van der Waals surface area contributed by atoms with E-state index in [4.69, 9.17) is 4.99 Å². The first-order valence-electron chi connectivity index (χ1n) is 8.31. The minimum Gasteiger partial charge on any atom is -0.347 e. The number of nitrogens with zero attached hydrogens (tertiary/aromatic N) is 3. The Bertz CT molecular complexity index is 1180. The van der Waals surface area contributed by atoms with Gasteiger partial charge in [-0.2, -0.15) is 0 Å². The third-order valence-electron chi connectivity index (χ3n) is 4.83. The number of aryl methyl sites for hydroxylation is 1. The summed E-state index contributed by atoms with van der Waals surface area (Å²) in [6.45, 7) is 2.00. The van der Waals surface area contributed by atoms with Crippen molar-refractivity contribution in [3.05, 3.63) is 82.0 Å². The average Bonchev–Trinajstić information content (AvgIpc) is 2.90. The van der Waals surface area contributed by atoms with Gasteiger partial charge in [-0.25, -0.2) is 0 Å². The fraction of sp³-hybridized carbons (Fsp3) is 0.0952. The number of non-ortho nitro benzene ring substituents is 1. The van der Waals surface area contributed by atoms with E-state index in [1.54, 1.807) is 12.1 Å². The van der Waals surface area contributed by atoms with E-state index in [1.807, 2.05) is 55.1 Å². The molecule has 3 aromatic carbocycles. The van der Waals surface area contributed by atoms with E-state index in [-0.39, 0.29) is 10.6 Å². The largest absolute Gasteiger partial charge is 0.347 e. The fourth-order valence-electron chi connectivity index (χ4n) is 3.32. The number of fused-ring (bicyclic) bond motifs is 2. The molecule has 0 spiro atoms. The van der Waals surface area contributed by atoms with Crippen LogP contribution in [0.4, 0.5) is 11.4 Å². The summed E-state index contributed by atoms with van der Waals surface area (Å²) in [5.74, 6) is 0. The van der Waals surface area contributed by atoms with Crippen molar-refractivity contribution in [1.29, 1.82) is 0 Å². The van der Waals surface area contributed by atoms with Crippen molar-refractivity contribution in [2.75, 3.05) is 0 Å². The standard InChI is InChI=1S/C21H17N3O2/c1-14-19(18-12-16(24(25)26)10-11-21(18)23(14)2)13-22-20-9-5-7-15-6-3-4-8-17(15)20/h3-13H,1-2H3. The van der Waals surface area contributed by atoms with Gasteiger partial charge in [0.2, 0.25) is 0 Å². The van der Waals surface area contributed by atoms with E-state index in [9.17, 15) is 10.1 Å². The van der Waals surface area contributed by atoms with Gasteiger partial charge < -0.3 is 4.57 Å². The minimum atomic E-state index is -0.368. The Morgan fingerprint density at radius 3 is 2.62 bits per heavy atom. The van der Waals surface area contributed by atoms with Gasteiger partial charge in [-0.3, -0.25) is 15.1 Å². The minimum absolute atomic E-state index is 0.0860. The van der Waals surface area contributed by atoms with Crippen molar-refractivity contribution in [3.8, 4) is 0 Å². The van der Waals surface area contributed by atoms with Crippen LogP contribution in [0.3, 0.4) is 0 Å². The van der Waals surface area contributed by atoms with Gasteiger partial charge in [0.15, 0.2) is 0 Å². The van der Waals surface area contributed by atoms with Crippen LogP contribution in [0.2, 0.25) is 0 Å². The second kappa shape index (κ2) is 6.11. The quantitative estimate of drug-likeness (QED) is 0.288. The molecule has 0 saturated carbocycles. The van der Waals surface area contributed by atoms with Gasteiger partial charge >= 0.3 is 0 Å². The van der Waals surface area contributed by atoms with Crippen molar-refractivity contribution in [2.45, 2.75) is 6.92 Å². The summed E-state index contributed by atoms with van der Waals surface area (Å²) < 4.78 is 2.03. The molecule has 26 heavy (non-hydrogen) atoms. The molecule has 0 fully saturated rings. The van der Waals surface area contributed by atoms with Crippen LogP contribution in [0, 0.1) is 17.0 Å². The number of nitro groups is 1. The van der Waals surface area contributed by atoms with Gasteiger partial charge in [0.1, 0.15) is 0 Å². The molecular formula is C21H17N3O2. The van der Waals surface area contributed by atoms with Crippen molar-refractivity contribution in [3.63, 3.8) is 0 Å². The monoisotopic (exact) mass is 343 g/mol. The summed E-state index contributed by atoms with van der Waals surface area (Å²) in [5, 5.41) is 14.2. The van der Waals surface area contributed by atoms with Gasteiger partial charge in [-0.15, -0.1) is 0 Å². The zero-order chi connectivity index (χ0) is 18.3. The molecule has 0 aliphatic carbocycles. The summed E-state index contributed by atoms with van der Waals surface area (Å²) in [6.07, 6.45) is 1.81. The lowest BCUT2D eigenvalue weighted by Crippen LogP contribution is -1.91. The summed E-state index contributed by atoms with van der Waals surface area (Å²) in [4.78, 5) is 15.5. The number of hydrogen-bond donors (Lipinski definition) is 0. The maximum Gasteiger partial charge on any atom is 0.270 e. The normalized spacial score (nSPS) is 11.6. The first-order valence-corrected chi connectivity index (χ1v) is 8.31. The van der Waals surface area contributed by atoms with Crippen LogP contribution >= 0.6 is 0 Å². The molecule has 128 valence electrons. The van der Waals surface area contributed by atoms with Gasteiger partial charge in [0.05, 0.1) is 10.6 Å². The lowest BCUT2D eigenvalue weighted by atomic mass is 10.1. The molecule has 0 unspecified atom stereocenters. The Morgan fingerprint density at radius 2 is 1.81 bits per heavy atom. The molecule has 0 atom stereocenters. The maximum absolute atomic E-state index is 11.1. The molecule has 0 radical (unpaired) electrons. The van der Waals surface area contributed by atoms with Crippen molar-refractivity contribution in [1.82, 2.24) is 4.57 Å². The van der Waals surface area contributed by atoms with Gasteiger partial charge in [-0.1, -0.05) is 36.4 Å². The number of aromatic nitrogens is 1. The number of aliphatic imine (C=N–C) groups is 1. The molecule has 1 aromatic heterocycles. The number of nitro benzene ring substituents is 1. The van der Waals surface area contributed by atoms with E-state index < -0.39 is 0 Å². The Morgan fingerprint density at radius 1 is 1.04 bits per heavy atom. The third kappa shape index (κ3) is 2.54. The zero-order valence-electron chi connectivity index (χ0n) is 14.5. The highest BCUT2D eigenvalue weighted by atomic mass is 16.6. The van der Waals surface area contributed by atoms with Crippen LogP contribution in [-0.2, 0) is 7.05 Å². The molecule has 0 saturated heterocycles. The number of rotatable bonds is 3. The number of hydrogen-bond acceptors (Lipinski definition) is 3. The Kier molecular flexibility index (Phi) is 3.77. The zero-order valence-corrected chi connectivity index (χ0v) is 14.5. The van der Waals surface area contributed by atoms with Crippen LogP contribution < -0.4 is 0 Å². The smallest absolute Gasteiger partial charge is 0.270 e. The van der Waals surface area contributed by atoms with E-state index in [2.05, 4.69) is 12.1 Å². The van der Waals surface area contributed by atoms with Gasteiger partial charge in [0.25, 0.3) is 5.69 Å². The first kappa shape index (κ1) is 16.0. The van der Waals surface area contributed by atoms with Crippen molar-refractivity contribution < 1.29 is 4.92 Å². The molecule has 4 aromatic rings. The summed E-state index contributed by atoms with van der Waals surface area (Å²) in [6, 6.07) is 19.1. The van der Waals surface area contributed by atoms with Crippen LogP contribution in [0.1, 0.15) is 11.3 Å². The topological polar surface area (TPSA) is 60.4 Å². The fourth-order valence-corrected chi connectivity index (χ4v) is 3.32. The van der Waals surface area contributed by atoms with E-state index >= 15 is 0 Å². The maximum atomic E-state index is 11.1. The molecule has 5 nitrogen and oxygen atoms in total. The van der Waals surface area contributed by atoms with Gasteiger partial charge in [-0.05, 0) is 24.4 Å². The second-order valence-corrected chi connectivity index (χ2v) is 6.27. The van der Waals surface area contributed by atoms with Crippen LogP contribution in [0.25, 0.3) is 21.7 Å². The highest BCUT2D eigenvalue weighted by Gasteiger charge is 2.14. The molecule has 0 N–H and O–H groups in total. The van der Waals surface area contributed by atoms with E-state index in [0.29, 0.717) is 0 Å². The Hall–Kier alpha value is -3.47. The summed E-state index contributed by atoms with van der Waals surface area (Å²) >= 11 is 0. The average molecular weight is 343 g/mol. The highest BCUT2D eigenvalue weighted by molar-refractivity contribution is 6.04.